The summed E-state index contributed by atoms with van der Waals surface area (Å²) in [5, 5.41) is 25.2. The summed E-state index contributed by atoms with van der Waals surface area (Å²) in [6.45, 7) is 7.45. The van der Waals surface area contributed by atoms with Gasteiger partial charge in [-0.15, -0.1) is 0 Å². The monoisotopic (exact) mass is 370 g/mol. The van der Waals surface area contributed by atoms with Gasteiger partial charge in [0.15, 0.2) is 0 Å². The number of carbonyl (C=O) groups is 1. The molecule has 0 bridgehead atoms. The van der Waals surface area contributed by atoms with Crippen molar-refractivity contribution in [3.63, 3.8) is 0 Å². The third-order valence-electron chi connectivity index (χ3n) is 4.55. The predicted octanol–water partition coefficient (Wildman–Crippen LogP) is 3.31. The minimum Gasteiger partial charge on any atom is -0.465 e. The van der Waals surface area contributed by atoms with Crippen LogP contribution in [0.25, 0.3) is 0 Å². The number of nitrogens with one attached hydrogen (secondary N) is 2. The second kappa shape index (κ2) is 9.53. The van der Waals surface area contributed by atoms with Gasteiger partial charge in [0.25, 0.3) is 0 Å². The van der Waals surface area contributed by atoms with Crippen LogP contribution in [-0.4, -0.2) is 35.0 Å². The van der Waals surface area contributed by atoms with Gasteiger partial charge < -0.3 is 20.8 Å². The van der Waals surface area contributed by atoms with Crippen LogP contribution in [0.5, 0.6) is 0 Å². The molecular weight excluding hydrogens is 340 g/mol. The molecule has 4 N–H and O–H groups in total. The first kappa shape index (κ1) is 20.9. The molecule has 2 aromatic carbocycles. The highest BCUT2D eigenvalue weighted by atomic mass is 16.4. The lowest BCUT2D eigenvalue weighted by Crippen LogP contribution is -2.48. The first-order valence-electron chi connectivity index (χ1n) is 9.27. The number of hydrogen-bond donors (Lipinski definition) is 4. The highest BCUT2D eigenvalue weighted by molar-refractivity contribution is 5.65. The van der Waals surface area contributed by atoms with Crippen LogP contribution in [0.2, 0.25) is 0 Å². The summed E-state index contributed by atoms with van der Waals surface area (Å²) in [6, 6.07) is 17.4. The summed E-state index contributed by atoms with van der Waals surface area (Å²) in [4.78, 5) is 11.1. The van der Waals surface area contributed by atoms with E-state index in [1.807, 2.05) is 42.5 Å². The van der Waals surface area contributed by atoms with Crippen molar-refractivity contribution in [2.45, 2.75) is 51.3 Å². The number of benzene rings is 2. The molecule has 2 aromatic rings. The van der Waals surface area contributed by atoms with Crippen molar-refractivity contribution in [3.8, 4) is 0 Å². The van der Waals surface area contributed by atoms with E-state index in [0.29, 0.717) is 19.5 Å². The van der Waals surface area contributed by atoms with Crippen LogP contribution in [0.1, 0.15) is 37.5 Å². The molecule has 5 nitrogen and oxygen atoms in total. The quantitative estimate of drug-likeness (QED) is 0.575. The minimum absolute atomic E-state index is 0.0850. The molecular formula is C22H30N2O3. The normalized spacial score (nSPS) is 13.8. The fourth-order valence-electron chi connectivity index (χ4n) is 2.96. The van der Waals surface area contributed by atoms with E-state index >= 15 is 0 Å². The Hall–Kier alpha value is -2.37. The van der Waals surface area contributed by atoms with E-state index < -0.39 is 18.2 Å². The van der Waals surface area contributed by atoms with Gasteiger partial charge in [-0.3, -0.25) is 0 Å². The summed E-state index contributed by atoms with van der Waals surface area (Å²) in [5.74, 6) is 0. The highest BCUT2D eigenvalue weighted by Crippen LogP contribution is 2.22. The number of hydrogen-bond acceptors (Lipinski definition) is 3. The molecule has 2 rings (SSSR count). The van der Waals surface area contributed by atoms with E-state index in [0.717, 1.165) is 11.1 Å². The second-order valence-electron chi connectivity index (χ2n) is 7.89. The van der Waals surface area contributed by atoms with Gasteiger partial charge in [-0.2, -0.15) is 0 Å². The Bertz CT molecular complexity index is 726. The summed E-state index contributed by atoms with van der Waals surface area (Å²) in [5.41, 5.74) is 3.47. The van der Waals surface area contributed by atoms with Crippen LogP contribution in [0.15, 0.2) is 54.6 Å². The Morgan fingerprint density at radius 3 is 2.33 bits per heavy atom. The summed E-state index contributed by atoms with van der Waals surface area (Å²) >= 11 is 0. The maximum atomic E-state index is 11.1. The Balaban J connectivity index is 1.93. The molecule has 146 valence electrons. The molecule has 1 amide bonds. The zero-order chi connectivity index (χ0) is 19.9. The molecule has 27 heavy (non-hydrogen) atoms. The van der Waals surface area contributed by atoms with Crippen molar-refractivity contribution in [2.24, 2.45) is 0 Å². The molecule has 0 radical (unpaired) electrons. The number of amides is 1. The van der Waals surface area contributed by atoms with Crippen molar-refractivity contribution in [1.82, 2.24) is 10.6 Å². The zero-order valence-corrected chi connectivity index (χ0v) is 16.3. The van der Waals surface area contributed by atoms with Crippen LogP contribution in [0, 0.1) is 0 Å². The molecule has 2 unspecified atom stereocenters. The van der Waals surface area contributed by atoms with E-state index in [1.54, 1.807) is 0 Å². The van der Waals surface area contributed by atoms with Gasteiger partial charge in [-0.05, 0) is 28.5 Å². The molecule has 2 atom stereocenters. The minimum atomic E-state index is -1.13. The summed E-state index contributed by atoms with van der Waals surface area (Å²) < 4.78 is 0. The Morgan fingerprint density at radius 2 is 1.70 bits per heavy atom. The first-order valence-corrected chi connectivity index (χ1v) is 9.27. The van der Waals surface area contributed by atoms with Gasteiger partial charge in [0.2, 0.25) is 0 Å². The predicted molar refractivity (Wildman–Crippen MR) is 108 cm³/mol. The third-order valence-corrected chi connectivity index (χ3v) is 4.55. The molecule has 0 aromatic heterocycles. The largest absolute Gasteiger partial charge is 0.465 e. The van der Waals surface area contributed by atoms with E-state index in [9.17, 15) is 9.90 Å². The number of aliphatic hydroxyl groups excluding tert-OH is 1. The van der Waals surface area contributed by atoms with Crippen molar-refractivity contribution < 1.29 is 15.0 Å². The molecule has 0 aliphatic heterocycles. The highest BCUT2D eigenvalue weighted by Gasteiger charge is 2.21. The number of aliphatic hydroxyl groups is 1. The lowest BCUT2D eigenvalue weighted by atomic mass is 9.86. The molecule has 0 heterocycles. The van der Waals surface area contributed by atoms with Crippen molar-refractivity contribution >= 4 is 6.09 Å². The topological polar surface area (TPSA) is 81.6 Å². The van der Waals surface area contributed by atoms with Gasteiger partial charge >= 0.3 is 6.09 Å². The molecule has 0 saturated carbocycles. The van der Waals surface area contributed by atoms with E-state index in [1.165, 1.54) is 5.56 Å². The molecule has 0 saturated heterocycles. The Morgan fingerprint density at radius 1 is 1.04 bits per heavy atom. The van der Waals surface area contributed by atoms with E-state index in [-0.39, 0.29) is 5.41 Å². The molecule has 0 aliphatic rings. The molecule has 0 fully saturated rings. The SMILES string of the molecule is CC(C)(C)c1cccc(CNCC(O)C(Cc2ccccc2)NC(=O)O)c1. The number of carboxylic acid groups (broad SMARTS) is 1. The number of rotatable bonds is 8. The standard InChI is InChI=1S/C22H30N2O3/c1-22(2,3)18-11-7-10-17(12-18)14-23-15-20(25)19(24-21(26)27)13-16-8-5-4-6-9-16/h4-12,19-20,23-25H,13-15H2,1-3H3,(H,26,27). The van der Waals surface area contributed by atoms with Crippen molar-refractivity contribution in [2.75, 3.05) is 6.54 Å². The van der Waals surface area contributed by atoms with E-state index in [2.05, 4.69) is 43.5 Å². The fourth-order valence-corrected chi connectivity index (χ4v) is 2.96. The summed E-state index contributed by atoms with van der Waals surface area (Å²) in [7, 11) is 0. The smallest absolute Gasteiger partial charge is 0.404 e. The molecule has 0 spiro atoms. The Labute approximate surface area is 161 Å². The second-order valence-corrected chi connectivity index (χ2v) is 7.89. The van der Waals surface area contributed by atoms with Crippen LogP contribution in [0.4, 0.5) is 4.79 Å². The average molecular weight is 370 g/mol. The van der Waals surface area contributed by atoms with E-state index in [4.69, 9.17) is 5.11 Å². The van der Waals surface area contributed by atoms with Crippen LogP contribution < -0.4 is 10.6 Å². The van der Waals surface area contributed by atoms with Gasteiger partial charge in [0, 0.05) is 13.1 Å². The third kappa shape index (κ3) is 7.04. The zero-order valence-electron chi connectivity index (χ0n) is 16.3. The lowest BCUT2D eigenvalue weighted by molar-refractivity contribution is 0.117. The van der Waals surface area contributed by atoms with Gasteiger partial charge in [0.1, 0.15) is 0 Å². The van der Waals surface area contributed by atoms with Crippen molar-refractivity contribution in [3.05, 3.63) is 71.3 Å². The lowest BCUT2D eigenvalue weighted by Gasteiger charge is -2.24. The van der Waals surface area contributed by atoms with Crippen LogP contribution in [-0.2, 0) is 18.4 Å². The van der Waals surface area contributed by atoms with Gasteiger partial charge in [-0.25, -0.2) is 4.79 Å². The molecule has 5 heteroatoms. The maximum absolute atomic E-state index is 11.1. The van der Waals surface area contributed by atoms with Crippen LogP contribution >= 0.6 is 0 Å². The van der Waals surface area contributed by atoms with Crippen molar-refractivity contribution in [1.29, 1.82) is 0 Å². The maximum Gasteiger partial charge on any atom is 0.404 e. The van der Waals surface area contributed by atoms with Gasteiger partial charge in [0.05, 0.1) is 12.1 Å². The fraction of sp³-hybridized carbons (Fsp3) is 0.409. The summed E-state index contributed by atoms with van der Waals surface area (Å²) in [6.07, 6.45) is -1.52. The van der Waals surface area contributed by atoms with Crippen LogP contribution in [0.3, 0.4) is 0 Å². The average Bonchev–Trinajstić information content (AvgIpc) is 2.61. The first-order chi connectivity index (χ1) is 12.8. The molecule has 0 aliphatic carbocycles. The Kier molecular flexibility index (Phi) is 7.39. The van der Waals surface area contributed by atoms with Gasteiger partial charge in [-0.1, -0.05) is 75.4 Å².